The maximum Gasteiger partial charge on any atom is 0.253 e. The van der Waals surface area contributed by atoms with E-state index in [1.165, 1.54) is 16.3 Å². The molecule has 0 spiro atoms. The average Bonchev–Trinajstić information content (AvgIpc) is 3.14. The van der Waals surface area contributed by atoms with Crippen LogP contribution in [-0.4, -0.2) is 40.0 Å². The van der Waals surface area contributed by atoms with Crippen LogP contribution < -0.4 is 5.32 Å². The summed E-state index contributed by atoms with van der Waals surface area (Å²) in [6.07, 6.45) is 3.79. The number of amides is 1. The average molecular weight is 367 g/mol. The van der Waals surface area contributed by atoms with Crippen molar-refractivity contribution < 1.29 is 9.90 Å². The number of aromatic nitrogens is 1. The molecule has 1 amide bonds. The van der Waals surface area contributed by atoms with Gasteiger partial charge in [-0.1, -0.05) is 6.07 Å². The van der Waals surface area contributed by atoms with Crippen LogP contribution >= 0.6 is 11.3 Å². The van der Waals surface area contributed by atoms with Crippen LogP contribution in [-0.2, 0) is 6.54 Å². The van der Waals surface area contributed by atoms with E-state index in [1.807, 2.05) is 17.2 Å². The number of hydrogen-bond acceptors (Lipinski definition) is 5. The van der Waals surface area contributed by atoms with Gasteiger partial charge in [-0.05, 0) is 54.1 Å². The van der Waals surface area contributed by atoms with Crippen LogP contribution in [0.2, 0.25) is 0 Å². The Morgan fingerprint density at radius 2 is 2.12 bits per heavy atom. The highest BCUT2D eigenvalue weighted by molar-refractivity contribution is 7.17. The van der Waals surface area contributed by atoms with Gasteiger partial charge in [-0.25, -0.2) is 0 Å². The van der Waals surface area contributed by atoms with Crippen molar-refractivity contribution in [3.05, 3.63) is 59.1 Å². The van der Waals surface area contributed by atoms with Gasteiger partial charge in [0.2, 0.25) is 0 Å². The number of pyridine rings is 1. The zero-order valence-electron chi connectivity index (χ0n) is 14.4. The van der Waals surface area contributed by atoms with Crippen molar-refractivity contribution in [1.29, 1.82) is 0 Å². The Balaban J connectivity index is 1.30. The van der Waals surface area contributed by atoms with Crippen molar-refractivity contribution in [2.24, 2.45) is 0 Å². The molecule has 1 aromatic carbocycles. The molecule has 1 saturated heterocycles. The Labute approximate surface area is 156 Å². The Bertz CT molecular complexity index is 916. The van der Waals surface area contributed by atoms with Crippen LogP contribution in [0.1, 0.15) is 28.8 Å². The van der Waals surface area contributed by atoms with E-state index in [0.29, 0.717) is 11.6 Å². The molecular formula is C20H21N3O2S. The fraction of sp³-hybridized carbons (Fsp3) is 0.300. The minimum atomic E-state index is -0.00769. The van der Waals surface area contributed by atoms with Gasteiger partial charge in [0.05, 0.1) is 10.2 Å². The number of nitrogens with zero attached hydrogens (tertiary/aromatic N) is 2. The lowest BCUT2D eigenvalue weighted by molar-refractivity contribution is 0.0704. The number of aromatic hydroxyl groups is 1. The molecule has 2 aromatic heterocycles. The number of nitrogens with one attached hydrogen (secondary N) is 1. The Morgan fingerprint density at radius 3 is 2.92 bits per heavy atom. The molecule has 5 nitrogen and oxygen atoms in total. The number of rotatable bonds is 4. The molecule has 3 heterocycles. The highest BCUT2D eigenvalue weighted by Gasteiger charge is 2.23. The molecule has 6 heteroatoms. The number of carbonyl (C=O) groups excluding carboxylic acids is 1. The summed E-state index contributed by atoms with van der Waals surface area (Å²) in [4.78, 5) is 18.9. The van der Waals surface area contributed by atoms with Gasteiger partial charge in [0.1, 0.15) is 5.75 Å². The number of carbonyl (C=O) groups is 1. The Hall–Kier alpha value is -2.44. The fourth-order valence-corrected chi connectivity index (χ4v) is 4.16. The van der Waals surface area contributed by atoms with Crippen molar-refractivity contribution in [3.63, 3.8) is 0 Å². The quantitative estimate of drug-likeness (QED) is 0.742. The summed E-state index contributed by atoms with van der Waals surface area (Å²) < 4.78 is 1.22. The first-order valence-corrected chi connectivity index (χ1v) is 9.71. The molecule has 1 aliphatic heterocycles. The maximum absolute atomic E-state index is 12.5. The number of thiophene rings is 1. The van der Waals surface area contributed by atoms with Gasteiger partial charge in [0.15, 0.2) is 0 Å². The van der Waals surface area contributed by atoms with Crippen molar-refractivity contribution in [2.75, 3.05) is 13.1 Å². The number of hydrogen-bond donors (Lipinski definition) is 2. The monoisotopic (exact) mass is 367 g/mol. The summed E-state index contributed by atoms with van der Waals surface area (Å²) in [6, 6.07) is 11.2. The van der Waals surface area contributed by atoms with E-state index in [0.717, 1.165) is 38.0 Å². The SMILES string of the molecule is O=C(c1cccc(O)c1)N1CCC(NCc2cnc3ccsc3c2)CC1. The molecule has 4 rings (SSSR count). The minimum Gasteiger partial charge on any atom is -0.508 e. The van der Waals surface area contributed by atoms with Crippen LogP contribution in [0.15, 0.2) is 48.0 Å². The second-order valence-corrected chi connectivity index (χ2v) is 7.59. The van der Waals surface area contributed by atoms with Gasteiger partial charge in [0.25, 0.3) is 5.91 Å². The van der Waals surface area contributed by atoms with E-state index < -0.39 is 0 Å². The molecule has 26 heavy (non-hydrogen) atoms. The van der Waals surface area contributed by atoms with E-state index in [4.69, 9.17) is 0 Å². The Morgan fingerprint density at radius 1 is 1.27 bits per heavy atom. The van der Waals surface area contributed by atoms with E-state index in [1.54, 1.807) is 29.5 Å². The summed E-state index contributed by atoms with van der Waals surface area (Å²) in [5, 5.41) is 15.2. The molecule has 1 aliphatic rings. The van der Waals surface area contributed by atoms with Gasteiger partial charge < -0.3 is 15.3 Å². The third-order valence-electron chi connectivity index (χ3n) is 4.83. The van der Waals surface area contributed by atoms with Gasteiger partial charge in [-0.3, -0.25) is 9.78 Å². The fourth-order valence-electron chi connectivity index (χ4n) is 3.35. The molecule has 1 fully saturated rings. The smallest absolute Gasteiger partial charge is 0.253 e. The van der Waals surface area contributed by atoms with Gasteiger partial charge in [-0.15, -0.1) is 11.3 Å². The van der Waals surface area contributed by atoms with E-state index in [9.17, 15) is 9.90 Å². The van der Waals surface area contributed by atoms with Gasteiger partial charge >= 0.3 is 0 Å². The molecule has 0 aliphatic carbocycles. The van der Waals surface area contributed by atoms with Crippen LogP contribution in [0.5, 0.6) is 5.75 Å². The first-order chi connectivity index (χ1) is 12.7. The van der Waals surface area contributed by atoms with Crippen molar-refractivity contribution >= 4 is 27.5 Å². The van der Waals surface area contributed by atoms with Gasteiger partial charge in [0, 0.05) is 37.4 Å². The first-order valence-electron chi connectivity index (χ1n) is 8.83. The van der Waals surface area contributed by atoms with E-state index in [-0.39, 0.29) is 11.7 Å². The van der Waals surface area contributed by atoms with Crippen molar-refractivity contribution in [1.82, 2.24) is 15.2 Å². The topological polar surface area (TPSA) is 65.5 Å². The normalized spacial score (nSPS) is 15.5. The van der Waals surface area contributed by atoms with Crippen LogP contribution in [0, 0.1) is 0 Å². The molecule has 134 valence electrons. The highest BCUT2D eigenvalue weighted by atomic mass is 32.1. The molecule has 0 bridgehead atoms. The number of phenolic OH excluding ortho intramolecular Hbond substituents is 1. The molecular weight excluding hydrogens is 346 g/mol. The van der Waals surface area contributed by atoms with Crippen molar-refractivity contribution in [3.8, 4) is 5.75 Å². The number of benzene rings is 1. The van der Waals surface area contributed by atoms with Crippen LogP contribution in [0.4, 0.5) is 0 Å². The second-order valence-electron chi connectivity index (χ2n) is 6.65. The largest absolute Gasteiger partial charge is 0.508 e. The zero-order valence-corrected chi connectivity index (χ0v) is 15.2. The van der Waals surface area contributed by atoms with Crippen molar-refractivity contribution in [2.45, 2.75) is 25.4 Å². The molecule has 0 unspecified atom stereocenters. The lowest BCUT2D eigenvalue weighted by atomic mass is 10.0. The minimum absolute atomic E-state index is 0.00769. The summed E-state index contributed by atoms with van der Waals surface area (Å²) >= 11 is 1.71. The summed E-state index contributed by atoms with van der Waals surface area (Å²) in [5.74, 6) is 0.121. The van der Waals surface area contributed by atoms with E-state index >= 15 is 0 Å². The third kappa shape index (κ3) is 3.71. The summed E-state index contributed by atoms with van der Waals surface area (Å²) in [6.45, 7) is 2.26. The van der Waals surface area contributed by atoms with Gasteiger partial charge in [-0.2, -0.15) is 0 Å². The van der Waals surface area contributed by atoms with Crippen LogP contribution in [0.3, 0.4) is 0 Å². The predicted octanol–water partition coefficient (Wildman–Crippen LogP) is 3.40. The molecule has 0 radical (unpaired) electrons. The Kier molecular flexibility index (Phi) is 4.86. The summed E-state index contributed by atoms with van der Waals surface area (Å²) in [5.41, 5.74) is 2.79. The summed E-state index contributed by atoms with van der Waals surface area (Å²) in [7, 11) is 0. The molecule has 0 saturated carbocycles. The number of fused-ring (bicyclic) bond motifs is 1. The van der Waals surface area contributed by atoms with Crippen LogP contribution in [0.25, 0.3) is 10.2 Å². The highest BCUT2D eigenvalue weighted by Crippen LogP contribution is 2.20. The van der Waals surface area contributed by atoms with E-state index in [2.05, 4.69) is 21.7 Å². The standard InChI is InChI=1S/C20H21N3O2S/c24-17-3-1-2-15(11-17)20(25)23-7-4-16(5-8-23)21-12-14-10-19-18(22-13-14)6-9-26-19/h1-3,6,9-11,13,16,21,24H,4-5,7-8,12H2. The number of likely N-dealkylation sites (tertiary alicyclic amines) is 1. The number of phenols is 1. The lowest BCUT2D eigenvalue weighted by Gasteiger charge is -2.32. The molecule has 2 N–H and O–H groups in total. The third-order valence-corrected chi connectivity index (χ3v) is 5.68. The zero-order chi connectivity index (χ0) is 17.9. The predicted molar refractivity (Wildman–Crippen MR) is 103 cm³/mol. The molecule has 0 atom stereocenters. The number of piperidine rings is 1. The maximum atomic E-state index is 12.5. The first kappa shape index (κ1) is 17.0. The lowest BCUT2D eigenvalue weighted by Crippen LogP contribution is -2.44. The second kappa shape index (κ2) is 7.43. The molecule has 3 aromatic rings.